The summed E-state index contributed by atoms with van der Waals surface area (Å²) < 4.78 is 0. The maximum Gasteiger partial charge on any atom is 0.0889 e. The van der Waals surface area contributed by atoms with Crippen molar-refractivity contribution in [3.05, 3.63) is 144 Å². The summed E-state index contributed by atoms with van der Waals surface area (Å²) in [6, 6.07) is 34.0. The van der Waals surface area contributed by atoms with E-state index >= 15 is 0 Å². The van der Waals surface area contributed by atoms with Crippen LogP contribution in [-0.2, 0) is 13.1 Å². The van der Waals surface area contributed by atoms with Gasteiger partial charge in [-0.15, -0.1) is 0 Å². The lowest BCUT2D eigenvalue weighted by Gasteiger charge is -2.21. The molecule has 0 atom stereocenters. The van der Waals surface area contributed by atoms with Crippen LogP contribution in [0.15, 0.2) is 122 Å². The molecule has 0 amide bonds. The largest absolute Gasteiger partial charge is 0.370 e. The highest BCUT2D eigenvalue weighted by Crippen LogP contribution is 2.27. The summed E-state index contributed by atoms with van der Waals surface area (Å²) in [6.07, 6.45) is 7.40. The first-order chi connectivity index (χ1) is 21.4. The summed E-state index contributed by atoms with van der Waals surface area (Å²) in [5, 5.41) is 0. The summed E-state index contributed by atoms with van der Waals surface area (Å²) in [6.45, 7) is 5.71. The molecule has 44 heavy (non-hydrogen) atoms. The van der Waals surface area contributed by atoms with Crippen molar-refractivity contribution in [1.29, 1.82) is 0 Å². The second-order valence-electron chi connectivity index (χ2n) is 11.3. The van der Waals surface area contributed by atoms with E-state index in [4.69, 9.17) is 0 Å². The Labute approximate surface area is 259 Å². The Balaban J connectivity index is 1.09. The minimum absolute atomic E-state index is 0.780. The zero-order valence-corrected chi connectivity index (χ0v) is 25.6. The van der Waals surface area contributed by atoms with E-state index in [0.717, 1.165) is 47.2 Å². The van der Waals surface area contributed by atoms with Crippen molar-refractivity contribution < 1.29 is 0 Å². The van der Waals surface area contributed by atoms with Crippen molar-refractivity contribution in [3.63, 3.8) is 0 Å². The highest BCUT2D eigenvalue weighted by atomic mass is 15.1. The van der Waals surface area contributed by atoms with E-state index in [-0.39, 0.29) is 0 Å². The third-order valence-corrected chi connectivity index (χ3v) is 7.79. The quantitative estimate of drug-likeness (QED) is 0.173. The smallest absolute Gasteiger partial charge is 0.0889 e. The Morgan fingerprint density at radius 1 is 0.432 bits per heavy atom. The van der Waals surface area contributed by atoms with Gasteiger partial charge in [-0.3, -0.25) is 19.9 Å². The predicted octanol–water partition coefficient (Wildman–Crippen LogP) is 8.16. The lowest BCUT2D eigenvalue weighted by molar-refractivity contribution is 0.919. The SMILES string of the molecule is Cc1ccnc(-c2cc(CN(C)c3ccc(-c4ccc(N(C)Cc5ccnc(-c6cc(C)ccn6)c5)cc4)cc3)ccn2)c1. The molecule has 0 radical (unpaired) electrons. The van der Waals surface area contributed by atoms with Crippen LogP contribution in [-0.4, -0.2) is 34.0 Å². The van der Waals surface area contributed by atoms with E-state index in [1.807, 2.05) is 36.9 Å². The first kappa shape index (κ1) is 28.7. The monoisotopic (exact) mass is 576 g/mol. The maximum absolute atomic E-state index is 4.54. The molecule has 0 N–H and O–H groups in total. The van der Waals surface area contributed by atoms with E-state index in [2.05, 4.69) is 143 Å². The number of aromatic nitrogens is 4. The van der Waals surface area contributed by atoms with Gasteiger partial charge in [0, 0.05) is 63.3 Å². The van der Waals surface area contributed by atoms with Crippen LogP contribution in [0.5, 0.6) is 0 Å². The molecule has 0 aliphatic rings. The van der Waals surface area contributed by atoms with Crippen LogP contribution in [0.3, 0.4) is 0 Å². The highest BCUT2D eigenvalue weighted by molar-refractivity contribution is 5.69. The zero-order chi connectivity index (χ0) is 30.5. The number of anilines is 2. The van der Waals surface area contributed by atoms with Crippen LogP contribution in [0.4, 0.5) is 11.4 Å². The summed E-state index contributed by atoms with van der Waals surface area (Å²) in [7, 11) is 4.24. The maximum atomic E-state index is 4.54. The number of aryl methyl sites for hydroxylation is 2. The molecule has 0 bridgehead atoms. The third-order valence-electron chi connectivity index (χ3n) is 7.79. The molecule has 6 heteroatoms. The molecule has 2 aromatic carbocycles. The molecule has 6 rings (SSSR count). The first-order valence-electron chi connectivity index (χ1n) is 14.8. The molecule has 0 saturated heterocycles. The summed E-state index contributed by atoms with van der Waals surface area (Å²) >= 11 is 0. The van der Waals surface area contributed by atoms with Gasteiger partial charge in [0.05, 0.1) is 22.8 Å². The van der Waals surface area contributed by atoms with Gasteiger partial charge >= 0.3 is 0 Å². The molecule has 0 unspecified atom stereocenters. The lowest BCUT2D eigenvalue weighted by atomic mass is 10.0. The molecule has 0 saturated carbocycles. The first-order valence-corrected chi connectivity index (χ1v) is 14.8. The highest BCUT2D eigenvalue weighted by Gasteiger charge is 2.09. The van der Waals surface area contributed by atoms with Gasteiger partial charge in [0.15, 0.2) is 0 Å². The fraction of sp³-hybridized carbons (Fsp3) is 0.158. The molecule has 4 aromatic heterocycles. The van der Waals surface area contributed by atoms with Gasteiger partial charge in [-0.25, -0.2) is 0 Å². The van der Waals surface area contributed by atoms with Crippen LogP contribution >= 0.6 is 0 Å². The molecular formula is C38H36N6. The van der Waals surface area contributed by atoms with Crippen LogP contribution < -0.4 is 9.80 Å². The van der Waals surface area contributed by atoms with E-state index in [0.29, 0.717) is 0 Å². The van der Waals surface area contributed by atoms with Crippen molar-refractivity contribution in [2.75, 3.05) is 23.9 Å². The number of benzene rings is 2. The van der Waals surface area contributed by atoms with Gasteiger partial charge in [0.1, 0.15) is 0 Å². The molecule has 0 fully saturated rings. The third kappa shape index (κ3) is 6.81. The lowest BCUT2D eigenvalue weighted by Crippen LogP contribution is -2.16. The van der Waals surface area contributed by atoms with Crippen molar-refractivity contribution in [3.8, 4) is 33.9 Å². The molecule has 218 valence electrons. The number of hydrogen-bond acceptors (Lipinski definition) is 6. The Hall–Kier alpha value is -5.36. The van der Waals surface area contributed by atoms with Crippen molar-refractivity contribution in [2.24, 2.45) is 0 Å². The average molecular weight is 577 g/mol. The number of hydrogen-bond donors (Lipinski definition) is 0. The number of pyridine rings is 4. The fourth-order valence-corrected chi connectivity index (χ4v) is 5.32. The Morgan fingerprint density at radius 3 is 1.14 bits per heavy atom. The topological polar surface area (TPSA) is 58.0 Å². The van der Waals surface area contributed by atoms with Crippen LogP contribution in [0, 0.1) is 13.8 Å². The van der Waals surface area contributed by atoms with Gasteiger partial charge in [-0.1, -0.05) is 24.3 Å². The van der Waals surface area contributed by atoms with Crippen LogP contribution in [0.2, 0.25) is 0 Å². The van der Waals surface area contributed by atoms with Crippen LogP contribution in [0.1, 0.15) is 22.3 Å². The van der Waals surface area contributed by atoms with E-state index in [9.17, 15) is 0 Å². The molecule has 0 spiro atoms. The van der Waals surface area contributed by atoms with Gasteiger partial charge in [-0.2, -0.15) is 0 Å². The zero-order valence-electron chi connectivity index (χ0n) is 25.6. The molecule has 0 aliphatic heterocycles. The van der Waals surface area contributed by atoms with Gasteiger partial charge in [-0.05, 0) is 120 Å². The number of nitrogens with zero attached hydrogens (tertiary/aromatic N) is 6. The predicted molar refractivity (Wildman–Crippen MR) is 181 cm³/mol. The minimum atomic E-state index is 0.780. The van der Waals surface area contributed by atoms with Gasteiger partial charge in [0.2, 0.25) is 0 Å². The second kappa shape index (κ2) is 12.9. The van der Waals surface area contributed by atoms with Gasteiger partial charge in [0.25, 0.3) is 0 Å². The van der Waals surface area contributed by atoms with Gasteiger partial charge < -0.3 is 9.80 Å². The van der Waals surface area contributed by atoms with E-state index in [1.54, 1.807) is 0 Å². The van der Waals surface area contributed by atoms with E-state index in [1.165, 1.54) is 33.4 Å². The minimum Gasteiger partial charge on any atom is -0.370 e. The Bertz CT molecular complexity index is 1730. The standard InChI is InChI=1S/C38H36N6/c1-27-13-17-39-35(21-27)37-23-29(15-19-41-37)25-43(3)33-9-5-31(6-10-33)32-7-11-34(12-8-32)44(4)26-30-16-20-42-38(24-30)36-22-28(2)14-18-40-36/h5-24H,25-26H2,1-4H3. The summed E-state index contributed by atoms with van der Waals surface area (Å²) in [4.78, 5) is 22.6. The summed E-state index contributed by atoms with van der Waals surface area (Å²) in [5.41, 5.74) is 13.0. The van der Waals surface area contributed by atoms with E-state index < -0.39 is 0 Å². The molecule has 4 heterocycles. The van der Waals surface area contributed by atoms with Crippen molar-refractivity contribution in [2.45, 2.75) is 26.9 Å². The number of rotatable bonds is 9. The molecular weight excluding hydrogens is 540 g/mol. The van der Waals surface area contributed by atoms with Crippen molar-refractivity contribution in [1.82, 2.24) is 19.9 Å². The van der Waals surface area contributed by atoms with Crippen molar-refractivity contribution >= 4 is 11.4 Å². The summed E-state index contributed by atoms with van der Waals surface area (Å²) in [5.74, 6) is 0. The fourth-order valence-electron chi connectivity index (χ4n) is 5.32. The van der Waals surface area contributed by atoms with Crippen LogP contribution in [0.25, 0.3) is 33.9 Å². The molecule has 6 aromatic rings. The molecule has 0 aliphatic carbocycles. The Kier molecular flexibility index (Phi) is 8.41. The molecule has 6 nitrogen and oxygen atoms in total. The normalized spacial score (nSPS) is 10.9. The Morgan fingerprint density at radius 2 is 0.773 bits per heavy atom. The second-order valence-corrected chi connectivity index (χ2v) is 11.3. The average Bonchev–Trinajstić information content (AvgIpc) is 3.05.